The number of Topliss-reactive ketones (excluding diaryl/α,β-unsaturated/α-hetero) is 1. The zero-order valence-electron chi connectivity index (χ0n) is 14.5. The van der Waals surface area contributed by atoms with E-state index in [1.54, 1.807) is 19.2 Å². The zero-order chi connectivity index (χ0) is 18.3. The van der Waals surface area contributed by atoms with Crippen LogP contribution in [-0.2, 0) is 6.42 Å². The normalized spacial score (nSPS) is 14.7. The highest BCUT2D eigenvalue weighted by Gasteiger charge is 2.26. The van der Waals surface area contributed by atoms with Crippen LogP contribution in [0.1, 0.15) is 27.2 Å². The summed E-state index contributed by atoms with van der Waals surface area (Å²) in [7, 11) is 1.63. The van der Waals surface area contributed by atoms with Crippen LogP contribution in [0.4, 0.5) is 4.39 Å². The molecule has 0 fully saturated rings. The van der Waals surface area contributed by atoms with E-state index in [0.29, 0.717) is 17.7 Å². The minimum absolute atomic E-state index is 0.0312. The summed E-state index contributed by atoms with van der Waals surface area (Å²) in [6.45, 7) is 1.93. The molecule has 0 bridgehead atoms. The molecule has 0 atom stereocenters. The zero-order valence-corrected chi connectivity index (χ0v) is 14.5. The van der Waals surface area contributed by atoms with Crippen LogP contribution in [0.25, 0.3) is 17.3 Å². The lowest BCUT2D eigenvalue weighted by Gasteiger charge is -2.06. The van der Waals surface area contributed by atoms with Crippen molar-refractivity contribution in [3.05, 3.63) is 76.2 Å². The molecule has 1 aliphatic carbocycles. The molecule has 1 aromatic heterocycles. The number of aromatic amines is 1. The van der Waals surface area contributed by atoms with Crippen LogP contribution < -0.4 is 4.74 Å². The number of nitrogens with zero attached hydrogens (tertiary/aromatic N) is 1. The number of hydrogen-bond donors (Lipinski definition) is 1. The monoisotopic (exact) mass is 348 g/mol. The Morgan fingerprint density at radius 1 is 1.19 bits per heavy atom. The van der Waals surface area contributed by atoms with Crippen molar-refractivity contribution in [1.82, 2.24) is 10.2 Å². The number of rotatable bonds is 3. The van der Waals surface area contributed by atoms with Gasteiger partial charge < -0.3 is 4.74 Å². The Hall–Kier alpha value is -3.21. The number of ketones is 1. The van der Waals surface area contributed by atoms with Gasteiger partial charge in [-0.3, -0.25) is 9.89 Å². The fraction of sp³-hybridized carbons (Fsp3) is 0.143. The number of methoxy groups -OCH3 is 1. The third-order valence-corrected chi connectivity index (χ3v) is 4.61. The lowest BCUT2D eigenvalue weighted by molar-refractivity contribution is 0.104. The Morgan fingerprint density at radius 3 is 2.69 bits per heavy atom. The fourth-order valence-electron chi connectivity index (χ4n) is 3.25. The van der Waals surface area contributed by atoms with Crippen molar-refractivity contribution in [3.63, 3.8) is 0 Å². The Kier molecular flexibility index (Phi) is 3.92. The van der Waals surface area contributed by atoms with E-state index >= 15 is 0 Å². The minimum atomic E-state index is -0.285. The van der Waals surface area contributed by atoms with Gasteiger partial charge in [0.15, 0.2) is 5.78 Å². The van der Waals surface area contributed by atoms with E-state index in [0.717, 1.165) is 33.7 Å². The van der Waals surface area contributed by atoms with Crippen LogP contribution in [-0.4, -0.2) is 23.1 Å². The summed E-state index contributed by atoms with van der Waals surface area (Å²) in [5, 5.41) is 7.18. The first-order valence-corrected chi connectivity index (χ1v) is 8.29. The molecule has 0 aliphatic heterocycles. The lowest BCUT2D eigenvalue weighted by Crippen LogP contribution is -1.97. The second-order valence-corrected chi connectivity index (χ2v) is 6.37. The largest absolute Gasteiger partial charge is 0.496 e. The van der Waals surface area contributed by atoms with Crippen molar-refractivity contribution in [3.8, 4) is 17.0 Å². The summed E-state index contributed by atoms with van der Waals surface area (Å²) < 4.78 is 18.4. The van der Waals surface area contributed by atoms with Crippen molar-refractivity contribution in [2.24, 2.45) is 0 Å². The molecule has 1 aliphatic rings. The molecule has 130 valence electrons. The maximum atomic E-state index is 13.0. The fourth-order valence-corrected chi connectivity index (χ4v) is 3.25. The standard InChI is InChI=1S/C21H17FN2O2/c1-12-7-18-14(10-20(12)26-2)8-15(21(18)25)9-17-11-19(24-23-17)13-3-5-16(22)6-4-13/h3-7,9-11H,8H2,1-2H3,(H,23,24)/b15-9+. The van der Waals surface area contributed by atoms with Gasteiger partial charge in [0, 0.05) is 23.1 Å². The molecule has 1 heterocycles. The van der Waals surface area contributed by atoms with Crippen molar-refractivity contribution in [1.29, 1.82) is 0 Å². The predicted molar refractivity (Wildman–Crippen MR) is 97.7 cm³/mol. The topological polar surface area (TPSA) is 55.0 Å². The molecule has 1 N–H and O–H groups in total. The van der Waals surface area contributed by atoms with Gasteiger partial charge in [-0.05, 0) is 66.6 Å². The first-order chi connectivity index (χ1) is 12.5. The minimum Gasteiger partial charge on any atom is -0.496 e. The third-order valence-electron chi connectivity index (χ3n) is 4.61. The first kappa shape index (κ1) is 16.3. The van der Waals surface area contributed by atoms with E-state index in [2.05, 4.69) is 10.2 Å². The number of fused-ring (bicyclic) bond motifs is 1. The van der Waals surface area contributed by atoms with Crippen molar-refractivity contribution < 1.29 is 13.9 Å². The number of carbonyl (C=O) groups is 1. The quantitative estimate of drug-likeness (QED) is 0.716. The van der Waals surface area contributed by atoms with Gasteiger partial charge >= 0.3 is 0 Å². The Morgan fingerprint density at radius 2 is 1.96 bits per heavy atom. The number of ether oxygens (including phenoxy) is 1. The molecule has 0 saturated carbocycles. The maximum absolute atomic E-state index is 13.0. The highest BCUT2D eigenvalue weighted by atomic mass is 19.1. The molecule has 0 spiro atoms. The van der Waals surface area contributed by atoms with E-state index in [-0.39, 0.29) is 11.6 Å². The summed E-state index contributed by atoms with van der Waals surface area (Å²) >= 11 is 0. The van der Waals surface area contributed by atoms with Crippen molar-refractivity contribution >= 4 is 11.9 Å². The van der Waals surface area contributed by atoms with Crippen LogP contribution in [0.5, 0.6) is 5.75 Å². The molecular weight excluding hydrogens is 331 g/mol. The van der Waals surface area contributed by atoms with Gasteiger partial charge in [-0.1, -0.05) is 0 Å². The number of H-pyrrole nitrogens is 1. The molecule has 0 amide bonds. The van der Waals surface area contributed by atoms with E-state index in [4.69, 9.17) is 4.74 Å². The van der Waals surface area contributed by atoms with Gasteiger partial charge in [-0.25, -0.2) is 4.39 Å². The summed E-state index contributed by atoms with van der Waals surface area (Å²) in [6.07, 6.45) is 2.39. The Labute approximate surface area is 150 Å². The van der Waals surface area contributed by atoms with E-state index in [1.165, 1.54) is 12.1 Å². The maximum Gasteiger partial charge on any atom is 0.189 e. The molecule has 3 aromatic rings. The van der Waals surface area contributed by atoms with Crippen LogP contribution >= 0.6 is 0 Å². The van der Waals surface area contributed by atoms with Gasteiger partial charge in [0.2, 0.25) is 0 Å². The second kappa shape index (κ2) is 6.26. The summed E-state index contributed by atoms with van der Waals surface area (Å²) in [5.74, 6) is 0.535. The first-order valence-electron chi connectivity index (χ1n) is 8.29. The molecule has 26 heavy (non-hydrogen) atoms. The number of allylic oxidation sites excluding steroid dienone is 1. The van der Waals surface area contributed by atoms with E-state index < -0.39 is 0 Å². The summed E-state index contributed by atoms with van der Waals surface area (Å²) in [6, 6.07) is 11.8. The number of aromatic nitrogens is 2. The summed E-state index contributed by atoms with van der Waals surface area (Å²) in [5.41, 5.74) is 5.62. The Bertz CT molecular complexity index is 1030. The number of aryl methyl sites for hydroxylation is 1. The van der Waals surface area contributed by atoms with E-state index in [1.807, 2.05) is 31.2 Å². The number of nitrogens with one attached hydrogen (secondary N) is 1. The lowest BCUT2D eigenvalue weighted by atomic mass is 10.1. The Balaban J connectivity index is 1.63. The van der Waals surface area contributed by atoms with Crippen LogP contribution in [0.2, 0.25) is 0 Å². The van der Waals surface area contributed by atoms with Crippen LogP contribution in [0, 0.1) is 12.7 Å². The average Bonchev–Trinajstić information content (AvgIpc) is 3.21. The van der Waals surface area contributed by atoms with Crippen LogP contribution in [0.15, 0.2) is 48.0 Å². The van der Waals surface area contributed by atoms with Gasteiger partial charge in [-0.2, -0.15) is 5.10 Å². The average molecular weight is 348 g/mol. The molecule has 4 rings (SSSR count). The second-order valence-electron chi connectivity index (χ2n) is 6.37. The van der Waals surface area contributed by atoms with Crippen molar-refractivity contribution in [2.45, 2.75) is 13.3 Å². The smallest absolute Gasteiger partial charge is 0.189 e. The van der Waals surface area contributed by atoms with Gasteiger partial charge in [0.25, 0.3) is 0 Å². The molecule has 4 nitrogen and oxygen atoms in total. The van der Waals surface area contributed by atoms with Crippen LogP contribution in [0.3, 0.4) is 0 Å². The van der Waals surface area contributed by atoms with Gasteiger partial charge in [0.05, 0.1) is 18.5 Å². The molecule has 5 heteroatoms. The van der Waals surface area contributed by atoms with Gasteiger partial charge in [0.1, 0.15) is 11.6 Å². The molecular formula is C21H17FN2O2. The SMILES string of the molecule is COc1cc2c(cc1C)C(=O)/C(=C/c1cc(-c3ccc(F)cc3)n[nH]1)C2. The third kappa shape index (κ3) is 2.81. The number of hydrogen-bond acceptors (Lipinski definition) is 3. The highest BCUT2D eigenvalue weighted by Crippen LogP contribution is 2.33. The predicted octanol–water partition coefficient (Wildman–Crippen LogP) is 4.36. The van der Waals surface area contributed by atoms with E-state index in [9.17, 15) is 9.18 Å². The van der Waals surface area contributed by atoms with Crippen molar-refractivity contribution in [2.75, 3.05) is 7.11 Å². The molecule has 0 saturated heterocycles. The number of benzene rings is 2. The highest BCUT2D eigenvalue weighted by molar-refractivity contribution is 6.15. The molecule has 2 aromatic carbocycles. The molecule has 0 radical (unpaired) electrons. The number of halogens is 1. The summed E-state index contributed by atoms with van der Waals surface area (Å²) in [4.78, 5) is 12.7. The number of carbonyl (C=O) groups excluding carboxylic acids is 1. The molecule has 0 unspecified atom stereocenters. The van der Waals surface area contributed by atoms with Gasteiger partial charge in [-0.15, -0.1) is 0 Å².